The summed E-state index contributed by atoms with van der Waals surface area (Å²) in [6, 6.07) is 5.96. The Kier molecular flexibility index (Phi) is 7.77. The largest absolute Gasteiger partial charge is 0.452 e. The Labute approximate surface area is 107 Å². The van der Waals surface area contributed by atoms with Crippen molar-refractivity contribution in [1.29, 1.82) is 5.26 Å². The molecule has 0 saturated carbocycles. The first-order chi connectivity index (χ1) is 7.95. The summed E-state index contributed by atoms with van der Waals surface area (Å²) in [5.74, 6) is -0.221. The Balaban J connectivity index is 4.58. The van der Waals surface area contributed by atoms with Gasteiger partial charge in [0.1, 0.15) is 0 Å². The molecule has 0 bridgehead atoms. The van der Waals surface area contributed by atoms with Gasteiger partial charge in [0.15, 0.2) is 0 Å². The van der Waals surface area contributed by atoms with Gasteiger partial charge in [0.2, 0.25) is 0 Å². The van der Waals surface area contributed by atoms with E-state index in [1.807, 2.05) is 0 Å². The van der Waals surface area contributed by atoms with Crippen LogP contribution in [0, 0.1) is 17.2 Å². The third kappa shape index (κ3) is 4.82. The second kappa shape index (κ2) is 7.91. The lowest BCUT2D eigenvalue weighted by Gasteiger charge is -2.36. The number of nitrogens with zero attached hydrogens (tertiary/aromatic N) is 1. The van der Waals surface area contributed by atoms with E-state index in [4.69, 9.17) is 15.3 Å². The van der Waals surface area contributed by atoms with Crippen molar-refractivity contribution in [2.45, 2.75) is 64.1 Å². The van der Waals surface area contributed by atoms with Gasteiger partial charge in [0, 0.05) is 5.92 Å². The number of nitriles is 1. The highest BCUT2D eigenvalue weighted by Gasteiger charge is 2.35. The van der Waals surface area contributed by atoms with Crippen molar-refractivity contribution in [3.63, 3.8) is 0 Å². The molecule has 2 N–H and O–H groups in total. The van der Waals surface area contributed by atoms with Crippen LogP contribution in [0.5, 0.6) is 0 Å². The van der Waals surface area contributed by atoms with Crippen LogP contribution in [0.25, 0.3) is 0 Å². The predicted octanol–water partition coefficient (Wildman–Crippen LogP) is 2.89. The van der Waals surface area contributed by atoms with Gasteiger partial charge in [0.25, 0.3) is 0 Å². The van der Waals surface area contributed by atoms with Crippen molar-refractivity contribution in [3.05, 3.63) is 0 Å². The fourth-order valence-electron chi connectivity index (χ4n) is 2.93. The summed E-state index contributed by atoms with van der Waals surface area (Å²) in [4.78, 5) is 0. The molecule has 17 heavy (non-hydrogen) atoms. The van der Waals surface area contributed by atoms with Gasteiger partial charge in [-0.15, -0.1) is 0 Å². The molecule has 0 aromatic carbocycles. The Bertz CT molecular complexity index is 243. The Morgan fingerprint density at radius 1 is 1.18 bits per heavy atom. The number of hydrogen-bond donors (Lipinski definition) is 2. The summed E-state index contributed by atoms with van der Waals surface area (Å²) in [5.41, 5.74) is 0.575. The summed E-state index contributed by atoms with van der Waals surface area (Å²) < 4.78 is 0. The minimum absolute atomic E-state index is 0.183. The zero-order valence-corrected chi connectivity index (χ0v) is 12.6. The quantitative estimate of drug-likeness (QED) is 0.655. The topological polar surface area (TPSA) is 64.2 Å². The highest BCUT2D eigenvalue weighted by Crippen LogP contribution is 2.37. The van der Waals surface area contributed by atoms with Crippen LogP contribution >= 0.6 is 0 Å². The molecule has 0 aliphatic rings. The lowest BCUT2D eigenvalue weighted by molar-refractivity contribution is 0.393. The molecule has 0 heterocycles. The maximum atomic E-state index is 9.05. The van der Waals surface area contributed by atoms with E-state index in [1.165, 1.54) is 18.1 Å². The van der Waals surface area contributed by atoms with E-state index in [0.29, 0.717) is 5.54 Å². The van der Waals surface area contributed by atoms with E-state index in [1.54, 1.807) is 0 Å². The molecule has 0 spiro atoms. The average molecular weight is 255 g/mol. The van der Waals surface area contributed by atoms with E-state index in [2.05, 4.69) is 33.8 Å². The molecule has 2 atom stereocenters. The molecule has 0 rings (SSSR count). The SMILES string of the molecule is CC[Si](CC)(CC)C(C)CC(C#N)CB(O)O. The van der Waals surface area contributed by atoms with Crippen molar-refractivity contribution in [3.8, 4) is 6.07 Å². The molecule has 0 aliphatic heterocycles. The summed E-state index contributed by atoms with van der Waals surface area (Å²) in [6.07, 6.45) is 0.998. The standard InChI is InChI=1S/C12H26BNO2Si/c1-5-17(6-2,7-3)11(4)8-12(10-14)9-13(15)16/h11-12,15-16H,5-9H2,1-4H3. The van der Waals surface area contributed by atoms with Gasteiger partial charge in [-0.1, -0.05) is 45.8 Å². The highest BCUT2D eigenvalue weighted by molar-refractivity contribution is 6.80. The Morgan fingerprint density at radius 2 is 1.65 bits per heavy atom. The van der Waals surface area contributed by atoms with Crippen LogP contribution in [0.1, 0.15) is 34.1 Å². The molecule has 0 aromatic rings. The van der Waals surface area contributed by atoms with Crippen LogP contribution in [-0.4, -0.2) is 25.2 Å². The molecule has 5 heteroatoms. The van der Waals surface area contributed by atoms with Crippen LogP contribution < -0.4 is 0 Å². The maximum Gasteiger partial charge on any atom is 0.452 e. The van der Waals surface area contributed by atoms with Crippen molar-refractivity contribution in [2.24, 2.45) is 5.92 Å². The third-order valence-corrected chi connectivity index (χ3v) is 11.0. The van der Waals surface area contributed by atoms with E-state index in [0.717, 1.165) is 6.42 Å². The number of hydrogen-bond acceptors (Lipinski definition) is 3. The van der Waals surface area contributed by atoms with Gasteiger partial charge < -0.3 is 10.0 Å². The molecule has 3 nitrogen and oxygen atoms in total. The van der Waals surface area contributed by atoms with Crippen LogP contribution in [0.2, 0.25) is 30.0 Å². The van der Waals surface area contributed by atoms with Gasteiger partial charge in [-0.05, 0) is 18.3 Å². The first kappa shape index (κ1) is 16.7. The summed E-state index contributed by atoms with van der Waals surface area (Å²) >= 11 is 0. The molecular weight excluding hydrogens is 229 g/mol. The van der Waals surface area contributed by atoms with Crippen molar-refractivity contribution >= 4 is 15.2 Å². The second-order valence-electron chi connectivity index (χ2n) is 5.10. The molecule has 0 radical (unpaired) electrons. The van der Waals surface area contributed by atoms with Crippen molar-refractivity contribution in [2.75, 3.05) is 0 Å². The maximum absolute atomic E-state index is 9.05. The lowest BCUT2D eigenvalue weighted by atomic mass is 9.77. The van der Waals surface area contributed by atoms with E-state index in [-0.39, 0.29) is 12.2 Å². The van der Waals surface area contributed by atoms with E-state index >= 15 is 0 Å². The third-order valence-electron chi connectivity index (χ3n) is 4.47. The molecular formula is C12H26BNO2Si. The summed E-state index contributed by atoms with van der Waals surface area (Å²) in [5, 5.41) is 27.0. The van der Waals surface area contributed by atoms with E-state index in [9.17, 15) is 0 Å². The molecule has 0 fully saturated rings. The molecule has 0 saturated heterocycles. The van der Waals surface area contributed by atoms with Crippen LogP contribution in [0.3, 0.4) is 0 Å². The minimum atomic E-state index is -1.35. The Morgan fingerprint density at radius 3 is 1.94 bits per heavy atom. The van der Waals surface area contributed by atoms with Crippen molar-refractivity contribution in [1.82, 2.24) is 0 Å². The van der Waals surface area contributed by atoms with Gasteiger partial charge in [0.05, 0.1) is 14.1 Å². The van der Waals surface area contributed by atoms with Crippen LogP contribution in [-0.2, 0) is 0 Å². The Hall–Kier alpha value is -0.308. The zero-order chi connectivity index (χ0) is 13.5. The van der Waals surface area contributed by atoms with Gasteiger partial charge in [-0.3, -0.25) is 0 Å². The lowest BCUT2D eigenvalue weighted by Crippen LogP contribution is -2.37. The second-order valence-corrected chi connectivity index (χ2v) is 10.9. The fourth-order valence-corrected chi connectivity index (χ4v) is 7.30. The monoisotopic (exact) mass is 255 g/mol. The minimum Gasteiger partial charge on any atom is -0.427 e. The van der Waals surface area contributed by atoms with Crippen LogP contribution in [0.15, 0.2) is 0 Å². The molecule has 0 amide bonds. The fraction of sp³-hybridized carbons (Fsp3) is 0.917. The molecule has 2 unspecified atom stereocenters. The van der Waals surface area contributed by atoms with E-state index < -0.39 is 15.2 Å². The summed E-state index contributed by atoms with van der Waals surface area (Å²) in [6.45, 7) is 9.03. The van der Waals surface area contributed by atoms with Crippen LogP contribution in [0.4, 0.5) is 0 Å². The average Bonchev–Trinajstić information content (AvgIpc) is 2.30. The normalized spacial score (nSPS) is 15.1. The van der Waals surface area contributed by atoms with Gasteiger partial charge >= 0.3 is 7.12 Å². The first-order valence-corrected chi connectivity index (χ1v) is 9.41. The van der Waals surface area contributed by atoms with Gasteiger partial charge in [-0.25, -0.2) is 0 Å². The first-order valence-electron chi connectivity index (χ1n) is 6.71. The zero-order valence-electron chi connectivity index (χ0n) is 11.6. The number of rotatable bonds is 8. The predicted molar refractivity (Wildman–Crippen MR) is 75.3 cm³/mol. The van der Waals surface area contributed by atoms with Gasteiger partial charge in [-0.2, -0.15) is 5.26 Å². The molecule has 98 valence electrons. The van der Waals surface area contributed by atoms with Crippen molar-refractivity contribution < 1.29 is 10.0 Å². The summed E-state index contributed by atoms with van der Waals surface area (Å²) in [7, 11) is -2.62. The highest BCUT2D eigenvalue weighted by atomic mass is 28.3. The molecule has 0 aromatic heterocycles. The molecule has 0 aliphatic carbocycles. The smallest absolute Gasteiger partial charge is 0.427 e.